The largest absolute Gasteiger partial charge is 0.497 e. The van der Waals surface area contributed by atoms with E-state index >= 15 is 0 Å². The lowest BCUT2D eigenvalue weighted by Crippen LogP contribution is -1.90. The van der Waals surface area contributed by atoms with E-state index in [-0.39, 0.29) is 0 Å². The lowest BCUT2D eigenvalue weighted by Gasteiger charge is -2.10. The first-order chi connectivity index (χ1) is 11.8. The molecule has 0 saturated carbocycles. The van der Waals surface area contributed by atoms with E-state index in [4.69, 9.17) is 9.47 Å². The molecule has 0 aliphatic carbocycles. The average molecular weight is 315 g/mol. The number of benzene rings is 3. The molecule has 0 atom stereocenters. The van der Waals surface area contributed by atoms with Gasteiger partial charge in [0.25, 0.3) is 0 Å². The molecule has 0 radical (unpaired) electrons. The van der Waals surface area contributed by atoms with Crippen molar-refractivity contribution in [2.75, 3.05) is 14.2 Å². The van der Waals surface area contributed by atoms with Crippen molar-refractivity contribution >= 4 is 22.4 Å². The third-order valence-electron chi connectivity index (χ3n) is 3.96. The van der Waals surface area contributed by atoms with Gasteiger partial charge in [0.2, 0.25) is 0 Å². The Labute approximate surface area is 141 Å². The Bertz CT molecular complexity index is 934. The average Bonchev–Trinajstić information content (AvgIpc) is 2.66. The number of ether oxygens (including phenoxy) is 2. The lowest BCUT2D eigenvalue weighted by molar-refractivity contribution is 0.414. The van der Waals surface area contributed by atoms with E-state index in [0.717, 1.165) is 33.4 Å². The molecule has 0 aliphatic heterocycles. The van der Waals surface area contributed by atoms with Crippen molar-refractivity contribution < 1.29 is 9.47 Å². The zero-order valence-electron chi connectivity index (χ0n) is 13.6. The van der Waals surface area contributed by atoms with E-state index in [1.165, 1.54) is 0 Å². The molecule has 118 valence electrons. The maximum atomic E-state index is 9.61. The number of hydrogen-bond donors (Lipinski definition) is 0. The molecule has 0 amide bonds. The summed E-state index contributed by atoms with van der Waals surface area (Å²) in [6, 6.07) is 21.8. The molecule has 0 heterocycles. The zero-order chi connectivity index (χ0) is 16.9. The highest BCUT2D eigenvalue weighted by Gasteiger charge is 2.09. The molecule has 3 aromatic rings. The highest BCUT2D eigenvalue weighted by atomic mass is 16.5. The normalized spacial score (nSPS) is 11.1. The molecular formula is C21H17NO2. The summed E-state index contributed by atoms with van der Waals surface area (Å²) in [5, 5.41) is 11.8. The van der Waals surface area contributed by atoms with Crippen LogP contribution in [0.4, 0.5) is 0 Å². The van der Waals surface area contributed by atoms with E-state index in [2.05, 4.69) is 6.07 Å². The third-order valence-corrected chi connectivity index (χ3v) is 3.96. The van der Waals surface area contributed by atoms with Crippen LogP contribution in [0.2, 0.25) is 0 Å². The molecule has 3 nitrogen and oxygen atoms in total. The van der Waals surface area contributed by atoms with E-state index in [0.29, 0.717) is 5.57 Å². The molecule has 0 bridgehead atoms. The van der Waals surface area contributed by atoms with Crippen LogP contribution in [0.1, 0.15) is 11.1 Å². The Morgan fingerprint density at radius 3 is 2.33 bits per heavy atom. The van der Waals surface area contributed by atoms with E-state index < -0.39 is 0 Å². The van der Waals surface area contributed by atoms with Crippen LogP contribution in [0.25, 0.3) is 22.4 Å². The van der Waals surface area contributed by atoms with Crippen LogP contribution in [-0.4, -0.2) is 14.2 Å². The topological polar surface area (TPSA) is 42.2 Å². The maximum absolute atomic E-state index is 9.61. The standard InChI is InChI=1S/C21H17NO2/c1-23-18-10-7-15(8-11-18)17(14-22)13-20-19-6-4-3-5-16(19)9-12-21(20)24-2/h3-13H,1-2H3/b17-13+. The predicted molar refractivity (Wildman–Crippen MR) is 97.0 cm³/mol. The number of nitrogens with zero attached hydrogens (tertiary/aromatic N) is 1. The fourth-order valence-electron chi connectivity index (χ4n) is 2.70. The van der Waals surface area contributed by atoms with Crippen LogP contribution < -0.4 is 9.47 Å². The smallest absolute Gasteiger partial charge is 0.126 e. The summed E-state index contributed by atoms with van der Waals surface area (Å²) in [6.45, 7) is 0. The first-order valence-corrected chi connectivity index (χ1v) is 7.59. The number of methoxy groups -OCH3 is 2. The zero-order valence-corrected chi connectivity index (χ0v) is 13.6. The minimum atomic E-state index is 0.576. The van der Waals surface area contributed by atoms with Crippen molar-refractivity contribution in [1.29, 1.82) is 5.26 Å². The molecule has 3 aromatic carbocycles. The van der Waals surface area contributed by atoms with Gasteiger partial charge in [-0.3, -0.25) is 0 Å². The van der Waals surface area contributed by atoms with Crippen LogP contribution in [0.5, 0.6) is 11.5 Å². The Morgan fingerprint density at radius 1 is 0.917 bits per heavy atom. The number of allylic oxidation sites excluding steroid dienone is 1. The van der Waals surface area contributed by atoms with Gasteiger partial charge in [-0.25, -0.2) is 0 Å². The molecule has 0 aliphatic rings. The molecule has 3 rings (SSSR count). The number of hydrogen-bond acceptors (Lipinski definition) is 3. The van der Waals surface area contributed by atoms with Gasteiger partial charge in [-0.1, -0.05) is 30.3 Å². The number of rotatable bonds is 4. The van der Waals surface area contributed by atoms with Gasteiger partial charge < -0.3 is 9.47 Å². The van der Waals surface area contributed by atoms with Crippen molar-refractivity contribution in [2.45, 2.75) is 0 Å². The first kappa shape index (κ1) is 15.6. The second-order valence-corrected chi connectivity index (χ2v) is 5.30. The van der Waals surface area contributed by atoms with Crippen molar-refractivity contribution in [3.63, 3.8) is 0 Å². The summed E-state index contributed by atoms with van der Waals surface area (Å²) < 4.78 is 10.7. The van der Waals surface area contributed by atoms with Crippen molar-refractivity contribution in [3.05, 3.63) is 71.8 Å². The summed E-state index contributed by atoms with van der Waals surface area (Å²) in [6.07, 6.45) is 1.88. The van der Waals surface area contributed by atoms with Crippen molar-refractivity contribution in [1.82, 2.24) is 0 Å². The van der Waals surface area contributed by atoms with E-state index in [1.807, 2.05) is 66.7 Å². The lowest BCUT2D eigenvalue weighted by atomic mass is 9.98. The Kier molecular flexibility index (Phi) is 4.49. The monoisotopic (exact) mass is 315 g/mol. The predicted octanol–water partition coefficient (Wildman–Crippen LogP) is 4.92. The number of nitriles is 1. The van der Waals surface area contributed by atoms with Gasteiger partial charge >= 0.3 is 0 Å². The Balaban J connectivity index is 2.17. The van der Waals surface area contributed by atoms with E-state index in [9.17, 15) is 5.26 Å². The quantitative estimate of drug-likeness (QED) is 0.507. The van der Waals surface area contributed by atoms with Gasteiger partial charge in [0.05, 0.1) is 25.9 Å². The Hall–Kier alpha value is -3.25. The van der Waals surface area contributed by atoms with Gasteiger partial charge in [-0.15, -0.1) is 0 Å². The summed E-state index contributed by atoms with van der Waals surface area (Å²) in [5.41, 5.74) is 2.32. The molecule has 3 heteroatoms. The Morgan fingerprint density at radius 2 is 1.67 bits per heavy atom. The van der Waals surface area contributed by atoms with Crippen LogP contribution in [0.15, 0.2) is 60.7 Å². The summed E-state index contributed by atoms with van der Waals surface area (Å²) >= 11 is 0. The second kappa shape index (κ2) is 6.89. The number of fused-ring (bicyclic) bond motifs is 1. The summed E-state index contributed by atoms with van der Waals surface area (Å²) in [7, 11) is 3.26. The summed E-state index contributed by atoms with van der Waals surface area (Å²) in [4.78, 5) is 0. The molecule has 0 aromatic heterocycles. The molecule has 0 N–H and O–H groups in total. The first-order valence-electron chi connectivity index (χ1n) is 7.59. The molecule has 24 heavy (non-hydrogen) atoms. The highest BCUT2D eigenvalue weighted by molar-refractivity contribution is 6.00. The minimum absolute atomic E-state index is 0.576. The van der Waals surface area contributed by atoms with Crippen LogP contribution in [0, 0.1) is 11.3 Å². The molecular weight excluding hydrogens is 298 g/mol. The summed E-state index contributed by atoms with van der Waals surface area (Å²) in [5.74, 6) is 1.51. The van der Waals surface area contributed by atoms with Crippen LogP contribution in [-0.2, 0) is 0 Å². The van der Waals surface area contributed by atoms with Crippen molar-refractivity contribution in [2.24, 2.45) is 0 Å². The van der Waals surface area contributed by atoms with Crippen molar-refractivity contribution in [3.8, 4) is 17.6 Å². The molecule has 0 unspecified atom stereocenters. The van der Waals surface area contributed by atoms with Gasteiger partial charge in [0, 0.05) is 5.56 Å². The molecule has 0 spiro atoms. The van der Waals surface area contributed by atoms with Gasteiger partial charge in [-0.2, -0.15) is 5.26 Å². The fraction of sp³-hybridized carbons (Fsp3) is 0.0952. The fourth-order valence-corrected chi connectivity index (χ4v) is 2.70. The van der Waals surface area contributed by atoms with Crippen LogP contribution >= 0.6 is 0 Å². The minimum Gasteiger partial charge on any atom is -0.497 e. The molecule has 0 fully saturated rings. The highest BCUT2D eigenvalue weighted by Crippen LogP contribution is 2.32. The third kappa shape index (κ3) is 2.95. The van der Waals surface area contributed by atoms with Crippen LogP contribution in [0.3, 0.4) is 0 Å². The second-order valence-electron chi connectivity index (χ2n) is 5.30. The SMILES string of the molecule is COc1ccc(/C(C#N)=C/c2c(OC)ccc3ccccc23)cc1. The van der Waals surface area contributed by atoms with Gasteiger partial charge in [0.1, 0.15) is 11.5 Å². The van der Waals surface area contributed by atoms with Gasteiger partial charge in [0.15, 0.2) is 0 Å². The van der Waals surface area contributed by atoms with E-state index in [1.54, 1.807) is 14.2 Å². The maximum Gasteiger partial charge on any atom is 0.126 e. The molecule has 0 saturated heterocycles. The van der Waals surface area contributed by atoms with Gasteiger partial charge in [-0.05, 0) is 52.7 Å².